The molecule has 14 heavy (non-hydrogen) atoms. The summed E-state index contributed by atoms with van der Waals surface area (Å²) in [6, 6.07) is 4.03. The molecule has 1 aliphatic heterocycles. The molecule has 1 atom stereocenters. The van der Waals surface area contributed by atoms with Crippen LogP contribution in [0.4, 0.5) is 5.69 Å². The summed E-state index contributed by atoms with van der Waals surface area (Å²) in [6.07, 6.45) is 3.26. The molecule has 1 unspecified atom stereocenters. The fourth-order valence-corrected chi connectivity index (χ4v) is 1.95. The molecule has 4 heteroatoms. The Labute approximate surface area is 80.9 Å². The van der Waals surface area contributed by atoms with Gasteiger partial charge in [0.1, 0.15) is 6.23 Å². The van der Waals surface area contributed by atoms with Crippen LogP contribution in [0, 0.1) is 0 Å². The van der Waals surface area contributed by atoms with Crippen LogP contribution < -0.4 is 10.6 Å². The number of nitrogens with one attached hydrogen (secondary N) is 3. The highest BCUT2D eigenvalue weighted by Crippen LogP contribution is 2.31. The van der Waals surface area contributed by atoms with E-state index in [2.05, 4.69) is 15.6 Å². The predicted octanol–water partition coefficient (Wildman–Crippen LogP) is 1.13. The van der Waals surface area contributed by atoms with Gasteiger partial charge in [0.2, 0.25) is 0 Å². The molecule has 0 saturated heterocycles. The van der Waals surface area contributed by atoms with Crippen molar-refractivity contribution in [3.05, 3.63) is 30.1 Å². The molecular weight excluding hydrogens is 178 g/mol. The van der Waals surface area contributed by atoms with E-state index in [9.17, 15) is 5.11 Å². The number of aliphatic hydroxyl groups excluding tert-OH is 1. The van der Waals surface area contributed by atoms with Gasteiger partial charge in [0, 0.05) is 29.0 Å². The lowest BCUT2D eigenvalue weighted by Crippen LogP contribution is -2.32. The quantitative estimate of drug-likeness (QED) is 0.502. The SMILES string of the molecule is OC1NCNc2ccc3c[nH]cc3c21. The molecule has 4 nitrogen and oxygen atoms in total. The number of hydrogen-bond donors (Lipinski definition) is 4. The van der Waals surface area contributed by atoms with Crippen LogP contribution in [0.15, 0.2) is 24.5 Å². The van der Waals surface area contributed by atoms with Gasteiger partial charge in [0.15, 0.2) is 0 Å². The molecule has 0 radical (unpaired) electrons. The van der Waals surface area contributed by atoms with E-state index in [1.165, 1.54) is 0 Å². The highest BCUT2D eigenvalue weighted by molar-refractivity contribution is 5.90. The van der Waals surface area contributed by atoms with Crippen LogP contribution in [0.3, 0.4) is 0 Å². The number of rotatable bonds is 0. The normalized spacial score (nSPS) is 20.5. The average Bonchev–Trinajstić information content (AvgIpc) is 2.65. The van der Waals surface area contributed by atoms with E-state index in [0.29, 0.717) is 6.67 Å². The van der Waals surface area contributed by atoms with Crippen molar-refractivity contribution in [1.29, 1.82) is 0 Å². The molecule has 0 amide bonds. The number of aromatic amines is 1. The zero-order valence-electron chi connectivity index (χ0n) is 7.54. The molecule has 2 heterocycles. The summed E-state index contributed by atoms with van der Waals surface area (Å²) in [5.74, 6) is 0. The molecule has 0 bridgehead atoms. The van der Waals surface area contributed by atoms with Crippen LogP contribution in [-0.4, -0.2) is 16.8 Å². The summed E-state index contributed by atoms with van der Waals surface area (Å²) in [5.41, 5.74) is 1.93. The Morgan fingerprint density at radius 2 is 2.21 bits per heavy atom. The van der Waals surface area contributed by atoms with Gasteiger partial charge < -0.3 is 15.4 Å². The second kappa shape index (κ2) is 2.73. The van der Waals surface area contributed by atoms with E-state index in [-0.39, 0.29) is 0 Å². The van der Waals surface area contributed by atoms with Crippen molar-refractivity contribution in [2.24, 2.45) is 0 Å². The van der Waals surface area contributed by atoms with Crippen LogP contribution in [0.5, 0.6) is 0 Å². The van der Waals surface area contributed by atoms with Crippen molar-refractivity contribution in [2.45, 2.75) is 6.23 Å². The second-order valence-electron chi connectivity index (χ2n) is 3.45. The number of anilines is 1. The molecule has 1 aromatic heterocycles. The number of aromatic nitrogens is 1. The van der Waals surface area contributed by atoms with E-state index >= 15 is 0 Å². The van der Waals surface area contributed by atoms with Crippen molar-refractivity contribution in [2.75, 3.05) is 12.0 Å². The van der Waals surface area contributed by atoms with Crippen molar-refractivity contribution < 1.29 is 5.11 Å². The summed E-state index contributed by atoms with van der Waals surface area (Å²) in [7, 11) is 0. The van der Waals surface area contributed by atoms with Gasteiger partial charge in [-0.25, -0.2) is 0 Å². The molecule has 0 aliphatic carbocycles. The first-order valence-electron chi connectivity index (χ1n) is 4.61. The molecule has 1 aromatic carbocycles. The van der Waals surface area contributed by atoms with Gasteiger partial charge in [-0.1, -0.05) is 6.07 Å². The number of hydrogen-bond acceptors (Lipinski definition) is 3. The maximum absolute atomic E-state index is 9.81. The van der Waals surface area contributed by atoms with Gasteiger partial charge in [-0.3, -0.25) is 5.32 Å². The third-order valence-corrected chi connectivity index (χ3v) is 2.64. The third kappa shape index (κ3) is 0.950. The van der Waals surface area contributed by atoms with Crippen molar-refractivity contribution in [3.63, 3.8) is 0 Å². The molecule has 0 saturated carbocycles. The zero-order chi connectivity index (χ0) is 9.54. The Balaban J connectivity index is 2.35. The number of benzene rings is 1. The lowest BCUT2D eigenvalue weighted by molar-refractivity contribution is 0.140. The summed E-state index contributed by atoms with van der Waals surface area (Å²) in [4.78, 5) is 3.04. The highest BCUT2D eigenvalue weighted by atomic mass is 16.3. The van der Waals surface area contributed by atoms with E-state index in [1.807, 2.05) is 24.5 Å². The third-order valence-electron chi connectivity index (χ3n) is 2.64. The molecular formula is C10H11N3O. The summed E-state index contributed by atoms with van der Waals surface area (Å²) in [6.45, 7) is 0.601. The minimum absolute atomic E-state index is 0.578. The highest BCUT2D eigenvalue weighted by Gasteiger charge is 2.19. The fraction of sp³-hybridized carbons (Fsp3) is 0.200. The summed E-state index contributed by atoms with van der Waals surface area (Å²) in [5, 5.41) is 18.1. The molecule has 72 valence electrons. The van der Waals surface area contributed by atoms with E-state index in [1.54, 1.807) is 0 Å². The van der Waals surface area contributed by atoms with E-state index < -0.39 is 6.23 Å². The fourth-order valence-electron chi connectivity index (χ4n) is 1.95. The molecule has 3 rings (SSSR count). The summed E-state index contributed by atoms with van der Waals surface area (Å²) < 4.78 is 0. The number of H-pyrrole nitrogens is 1. The maximum Gasteiger partial charge on any atom is 0.135 e. The van der Waals surface area contributed by atoms with Crippen molar-refractivity contribution >= 4 is 16.5 Å². The first kappa shape index (κ1) is 7.84. The maximum atomic E-state index is 9.81. The van der Waals surface area contributed by atoms with Gasteiger partial charge >= 0.3 is 0 Å². The van der Waals surface area contributed by atoms with E-state index in [4.69, 9.17) is 0 Å². The lowest BCUT2D eigenvalue weighted by Gasteiger charge is -2.24. The first-order valence-corrected chi connectivity index (χ1v) is 4.61. The second-order valence-corrected chi connectivity index (χ2v) is 3.45. The lowest BCUT2D eigenvalue weighted by atomic mass is 10.0. The van der Waals surface area contributed by atoms with Gasteiger partial charge in [0.05, 0.1) is 6.67 Å². The minimum Gasteiger partial charge on any atom is -0.374 e. The van der Waals surface area contributed by atoms with Gasteiger partial charge in [-0.2, -0.15) is 0 Å². The number of fused-ring (bicyclic) bond motifs is 3. The van der Waals surface area contributed by atoms with Crippen LogP contribution in [0.25, 0.3) is 10.8 Å². The van der Waals surface area contributed by atoms with Crippen LogP contribution in [0.1, 0.15) is 11.8 Å². The molecule has 2 aromatic rings. The molecule has 0 spiro atoms. The van der Waals surface area contributed by atoms with Gasteiger partial charge in [0.25, 0.3) is 0 Å². The van der Waals surface area contributed by atoms with Gasteiger partial charge in [-0.05, 0) is 11.5 Å². The van der Waals surface area contributed by atoms with Crippen molar-refractivity contribution in [3.8, 4) is 0 Å². The Hall–Kier alpha value is -1.52. The Kier molecular flexibility index (Phi) is 1.53. The minimum atomic E-state index is -0.578. The first-order chi connectivity index (χ1) is 6.86. The molecule has 1 aliphatic rings. The van der Waals surface area contributed by atoms with Crippen LogP contribution in [-0.2, 0) is 0 Å². The molecule has 4 N–H and O–H groups in total. The standard InChI is InChI=1S/C10H11N3O/c14-10-9-7-4-11-3-6(7)1-2-8(9)12-5-13-10/h1-4,10-14H,5H2. The van der Waals surface area contributed by atoms with Crippen LogP contribution >= 0.6 is 0 Å². The molecule has 0 fully saturated rings. The zero-order valence-corrected chi connectivity index (χ0v) is 7.54. The van der Waals surface area contributed by atoms with Crippen molar-refractivity contribution in [1.82, 2.24) is 10.3 Å². The Morgan fingerprint density at radius 3 is 3.14 bits per heavy atom. The number of aliphatic hydroxyl groups is 1. The Morgan fingerprint density at radius 1 is 1.29 bits per heavy atom. The van der Waals surface area contributed by atoms with Crippen LogP contribution in [0.2, 0.25) is 0 Å². The Bertz CT molecular complexity index is 477. The summed E-state index contributed by atoms with van der Waals surface area (Å²) >= 11 is 0. The average molecular weight is 189 g/mol. The van der Waals surface area contributed by atoms with Gasteiger partial charge in [-0.15, -0.1) is 0 Å². The predicted molar refractivity (Wildman–Crippen MR) is 54.9 cm³/mol. The van der Waals surface area contributed by atoms with E-state index in [0.717, 1.165) is 22.0 Å². The smallest absolute Gasteiger partial charge is 0.135 e. The monoisotopic (exact) mass is 189 g/mol. The largest absolute Gasteiger partial charge is 0.374 e. The topological polar surface area (TPSA) is 60.1 Å².